The first-order chi connectivity index (χ1) is 68.6. The Hall–Kier alpha value is -13.0. The van der Waals surface area contributed by atoms with Crippen LogP contribution in [0.1, 0.15) is 72.8 Å². The molecule has 766 valence electrons. The molecule has 0 saturated carbocycles. The largest absolute Gasteiger partial charge is 0.756 e. The summed E-state index contributed by atoms with van der Waals surface area (Å²) in [4.78, 5) is 216. The number of ether oxygens (including phenoxy) is 7. The van der Waals surface area contributed by atoms with Crippen molar-refractivity contribution >= 4 is 125 Å². The zero-order chi connectivity index (χ0) is 102. The molecule has 15 heterocycles. The van der Waals surface area contributed by atoms with Crippen LogP contribution in [0.15, 0.2) is 150 Å². The van der Waals surface area contributed by atoms with Crippen LogP contribution in [0.2, 0.25) is 0 Å². The number of aromatic amines is 6. The average molecular weight is 2100 g/mol. The summed E-state index contributed by atoms with van der Waals surface area (Å²) in [6.07, 6.45) is -20.0. The molecule has 62 nitrogen and oxygen atoms in total. The Labute approximate surface area is 802 Å². The molecule has 144 heavy (non-hydrogen) atoms. The van der Waals surface area contributed by atoms with Crippen molar-refractivity contribution in [3.05, 3.63) is 212 Å². The van der Waals surface area contributed by atoms with Gasteiger partial charge in [0.15, 0.2) is 67.3 Å². The van der Waals surface area contributed by atoms with Crippen LogP contribution in [0.25, 0.3) is 55.8 Å². The van der Waals surface area contributed by atoms with E-state index in [1.165, 1.54) is 13.1 Å². The number of anilines is 5. The van der Waals surface area contributed by atoms with Crippen molar-refractivity contribution in [2.24, 2.45) is 0 Å². The molecule has 67 heteroatoms. The van der Waals surface area contributed by atoms with E-state index in [0.29, 0.717) is 17.1 Å². The number of nitrogen functional groups attached to an aromatic ring is 5. The summed E-state index contributed by atoms with van der Waals surface area (Å²) in [5.74, 6) is -1.31. The van der Waals surface area contributed by atoms with Gasteiger partial charge in [-0.15, -0.1) is 0 Å². The fourth-order valence-corrected chi connectivity index (χ4v) is 20.8. The van der Waals surface area contributed by atoms with Crippen LogP contribution in [0.5, 0.6) is 11.5 Å². The summed E-state index contributed by atoms with van der Waals surface area (Å²) in [6.45, 7) is -6.25. The number of imidazole rings is 5. The van der Waals surface area contributed by atoms with Crippen LogP contribution in [-0.4, -0.2) is 213 Å². The van der Waals surface area contributed by atoms with E-state index < -0.39 is 266 Å². The second-order valence-corrected chi connectivity index (χ2v) is 39.6. The molecule has 17 N–H and O–H groups in total. The topological polar surface area (TPSA) is 881 Å². The van der Waals surface area contributed by atoms with Gasteiger partial charge >= 0.3 is 5.69 Å². The fraction of sp³-hybridized carbons (Fsp3) is 0.390. The summed E-state index contributed by atoms with van der Waals surface area (Å²) >= 11 is 0. The predicted octanol–water partition coefficient (Wildman–Crippen LogP) is -2.34. The molecule has 19 atom stereocenters. The van der Waals surface area contributed by atoms with E-state index in [2.05, 4.69) is 79.7 Å². The molecular formula is C77H83N27O35P5-5. The highest BCUT2D eigenvalue weighted by Gasteiger charge is 2.48. The normalized spacial score (nSPS) is 22.9. The van der Waals surface area contributed by atoms with E-state index in [1.807, 2.05) is 60.7 Å². The molecule has 0 amide bonds. The molecule has 0 aliphatic carbocycles. The first-order valence-electron chi connectivity index (χ1n) is 43.1. The molecule has 14 aromatic rings. The quantitative estimate of drug-likeness (QED) is 0.0178. The van der Waals surface area contributed by atoms with Gasteiger partial charge < -0.3 is 146 Å². The smallest absolute Gasteiger partial charge is 0.330 e. The lowest BCUT2D eigenvalue weighted by molar-refractivity contribution is -0.243. The minimum atomic E-state index is -6.03. The van der Waals surface area contributed by atoms with Crippen LogP contribution < -0.4 is 102 Å². The van der Waals surface area contributed by atoms with Crippen molar-refractivity contribution in [2.45, 2.75) is 151 Å². The van der Waals surface area contributed by atoms with Crippen molar-refractivity contribution < 1.29 is 131 Å². The van der Waals surface area contributed by atoms with Crippen molar-refractivity contribution in [1.82, 2.24) is 107 Å². The highest BCUT2D eigenvalue weighted by Crippen LogP contribution is 2.53. The van der Waals surface area contributed by atoms with Crippen molar-refractivity contribution in [3.8, 4) is 11.5 Å². The highest BCUT2D eigenvalue weighted by molar-refractivity contribution is 7.47. The van der Waals surface area contributed by atoms with Gasteiger partial charge in [-0.3, -0.25) is 99.8 Å². The molecule has 4 fully saturated rings. The number of benzene rings is 3. The number of nitrogens with one attached hydrogen (secondary N) is 6. The van der Waals surface area contributed by atoms with Gasteiger partial charge in [0.2, 0.25) is 29.7 Å². The van der Waals surface area contributed by atoms with E-state index >= 15 is 0 Å². The molecule has 0 radical (unpaired) electrons. The summed E-state index contributed by atoms with van der Waals surface area (Å²) in [7, 11) is -29.5. The van der Waals surface area contributed by atoms with Gasteiger partial charge in [0, 0.05) is 37.4 Å². The zero-order valence-electron chi connectivity index (χ0n) is 74.3. The van der Waals surface area contributed by atoms with Crippen LogP contribution in [-0.2, 0) is 125 Å². The van der Waals surface area contributed by atoms with Crippen LogP contribution in [0.3, 0.4) is 0 Å². The Bertz CT molecular complexity index is 7850. The third-order valence-corrected chi connectivity index (χ3v) is 27.7. The number of hydrogen-bond donors (Lipinski definition) is 12. The van der Waals surface area contributed by atoms with Crippen molar-refractivity contribution in [1.29, 1.82) is 0 Å². The molecule has 0 bridgehead atoms. The van der Waals surface area contributed by atoms with Crippen LogP contribution in [0.4, 0.5) is 29.7 Å². The Morgan fingerprint density at radius 3 is 1.17 bits per heavy atom. The molecule has 4 saturated heterocycles. The number of aromatic nitrogens is 22. The fourth-order valence-electron chi connectivity index (χ4n) is 16.1. The lowest BCUT2D eigenvalue weighted by Crippen LogP contribution is -2.34. The van der Waals surface area contributed by atoms with Crippen molar-refractivity contribution in [2.75, 3.05) is 68.3 Å². The predicted molar refractivity (Wildman–Crippen MR) is 479 cm³/mol. The maximum atomic E-state index is 14.6. The van der Waals surface area contributed by atoms with E-state index in [4.69, 9.17) is 107 Å². The number of rotatable bonds is 43. The van der Waals surface area contributed by atoms with E-state index in [1.54, 1.807) is 18.2 Å². The van der Waals surface area contributed by atoms with Gasteiger partial charge in [0.25, 0.3) is 72.5 Å². The first kappa shape index (κ1) is 101. The molecule has 18 rings (SSSR count). The number of H-pyrrole nitrogens is 6. The molecule has 4 aliphatic heterocycles. The number of aryl methyl sites for hydroxylation is 1. The Morgan fingerprint density at radius 2 is 0.757 bits per heavy atom. The third-order valence-electron chi connectivity index (χ3n) is 22.7. The number of nitrogens with zero attached hydrogens (tertiary/aromatic N) is 16. The number of phosphoric ester groups is 5. The molecule has 3 aromatic carbocycles. The Balaban J connectivity index is 0.572. The zero-order valence-corrected chi connectivity index (χ0v) is 78.7. The van der Waals surface area contributed by atoms with Gasteiger partial charge in [0.1, 0.15) is 68.6 Å². The summed E-state index contributed by atoms with van der Waals surface area (Å²) in [6, 6.07) is 23.8. The molecule has 5 unspecified atom stereocenters. The number of hydrogen-bond acceptors (Lipinski definition) is 50. The second kappa shape index (κ2) is 41.6. The number of aliphatic hydroxyl groups excluding tert-OH is 1. The van der Waals surface area contributed by atoms with Crippen LogP contribution in [0, 0.1) is 6.92 Å². The lowest BCUT2D eigenvalue weighted by Gasteiger charge is -2.33. The van der Waals surface area contributed by atoms with E-state index in [0.717, 1.165) is 70.2 Å². The monoisotopic (exact) mass is 2100 g/mol. The van der Waals surface area contributed by atoms with E-state index in [9.17, 15) is 86.0 Å². The third kappa shape index (κ3) is 23.5. The van der Waals surface area contributed by atoms with Gasteiger partial charge in [-0.25, -0.2) is 29.7 Å². The van der Waals surface area contributed by atoms with Crippen molar-refractivity contribution in [3.63, 3.8) is 0 Å². The summed E-state index contributed by atoms with van der Waals surface area (Å²) in [5, 5.41) is 11.0. The first-order valence-corrected chi connectivity index (χ1v) is 50.4. The SMILES string of the molecule is Cc1cn([C@H]2C[C@H](OP(=O)([O-])OC[C@H]3O[C@@H](n4cnc5c(=O)[nH]c(N)nc54)C[C@@H]3OP(=O)([O-])OC[C@H]3O[C@@H](n4cnc5c(=O)[nH]c(N)nc54)C[C@@H]3OP(=O)([O-])OC[C@H]3O[C@@H](n4cnc5c(=O)[nH]c(N)nc54)C[C@@H]3OP(=O)([O-])OC[C@H](Cn3cnc4c(=O)[nH]c(N)nc43)OP(=O)([O-])OC[C@@H](O)Cn3cnc4c(=O)[nH]c(N)nc43)[C@@H](COCc3ccc(OCc4ccccc4)c(OCc4ccccc4)c3)O2)c(=O)[nH]c1=O. The minimum absolute atomic E-state index is 0.0719. The van der Waals surface area contributed by atoms with Gasteiger partial charge in [-0.1, -0.05) is 66.7 Å². The van der Waals surface area contributed by atoms with Gasteiger partial charge in [-0.05, 0) is 35.7 Å². The molecule has 11 aromatic heterocycles. The number of phosphoric acid groups is 5. The Morgan fingerprint density at radius 1 is 0.403 bits per heavy atom. The highest BCUT2D eigenvalue weighted by atomic mass is 31.2. The maximum Gasteiger partial charge on any atom is 0.330 e. The number of fused-ring (bicyclic) bond motifs is 5. The number of aliphatic hydroxyl groups is 1. The summed E-state index contributed by atoms with van der Waals surface area (Å²) < 4.78 is 176. The molecule has 4 aliphatic rings. The van der Waals surface area contributed by atoms with E-state index in [-0.39, 0.29) is 87.2 Å². The average Bonchev–Trinajstić information content (AvgIpc) is 1.62. The molecular weight excluding hydrogens is 2020 g/mol. The van der Waals surface area contributed by atoms with Crippen LogP contribution >= 0.6 is 39.1 Å². The Kier molecular flexibility index (Phi) is 29.2. The standard InChI is InChI=1S/C77H88N27O35P5/c1-36-19-101(77(112)98-66(36)106)52-15-44(48(131-52)27-123-22-39-12-13-42(124-23-37-8-4-2-5-9-37)43(14-39)125-24-38-10-6-3-7-11-38)136-142(117,118)128-29-50-46(17-54(133-50)103-34-86-59-64(103)91-75(81)96-70(59)110)138-144(121,122)130-30-51-47(18-55(134-51)104-35-87-60-65(104)92-76(82)97-71(60)111)139-143(119,120)129-28-49-45(16-53(132-49)102-33-85-58-63(102)90-74(80)95-69(58)109)137-141(115,116)127-26-41(21-100-32-84-57-62(100)89-73(79)94-68(57)108)135-140(113,114)126-25-40(105)20-99-31-83-56-61(99)88-72(78)93-67(56)107/h2-14,19,31-35,40-41,44-55,105H,15-18,20-30H2,1H3,(H,113,114)(H,115,116)(H,117,118)(H,119,120)(H,121,122)(H,98,106,112)(H3,78,88,93,107)(H3,79,89,94,108)(H3,80,90,95,109)(H3,81,91,96,110)(H3,82,92,97,111)/p-5/t40-,41-,44-,45-,46-,47-,48+,49+,50+,51+,52+,53+,54+,55+/m0/s1. The summed E-state index contributed by atoms with van der Waals surface area (Å²) in [5.41, 5.74) is 23.2. The number of nitrogens with two attached hydrogens (primary N) is 5. The maximum absolute atomic E-state index is 14.6. The van der Waals surface area contributed by atoms with Gasteiger partial charge in [0.05, 0.1) is 121 Å². The lowest BCUT2D eigenvalue weighted by atomic mass is 10.2. The van der Waals surface area contributed by atoms with Gasteiger partial charge in [-0.2, -0.15) is 24.9 Å². The second-order valence-electron chi connectivity index (χ2n) is 32.8. The minimum Gasteiger partial charge on any atom is -0.756 e. The molecule has 0 spiro atoms.